The van der Waals surface area contributed by atoms with Gasteiger partial charge in [-0.25, -0.2) is 0 Å². The van der Waals surface area contributed by atoms with Crippen LogP contribution in [-0.4, -0.2) is 216 Å². The van der Waals surface area contributed by atoms with E-state index in [2.05, 4.69) is 21.3 Å². The van der Waals surface area contributed by atoms with Gasteiger partial charge in [-0.1, -0.05) is 91.3 Å². The van der Waals surface area contributed by atoms with Gasteiger partial charge in [-0.05, 0) is 99.7 Å². The van der Waals surface area contributed by atoms with Crippen molar-refractivity contribution in [1.29, 1.82) is 0 Å². The first-order valence-electron chi connectivity index (χ1n) is 30.5. The molecule has 1 aromatic rings. The summed E-state index contributed by atoms with van der Waals surface area (Å²) in [6.45, 7) is 10.9. The topological polar surface area (TPSA) is 259 Å². The van der Waals surface area contributed by atoms with Crippen molar-refractivity contribution in [2.75, 3.05) is 68.5 Å². The van der Waals surface area contributed by atoms with Crippen LogP contribution >= 0.6 is 11.6 Å². The number of nitrogens with one attached hydrogen (secondary N) is 4. The van der Waals surface area contributed by atoms with Crippen LogP contribution < -0.4 is 21.3 Å². The molecule has 2 aliphatic heterocycles. The predicted octanol–water partition coefficient (Wildman–Crippen LogP) is 3.99. The molecule has 8 atom stereocenters. The molecular formula is C61H93ClF3N11O11. The number of hydrogen-bond donors (Lipinski definition) is 4. The van der Waals surface area contributed by atoms with Crippen LogP contribution in [0.2, 0.25) is 5.02 Å². The van der Waals surface area contributed by atoms with Gasteiger partial charge >= 0.3 is 6.18 Å². The zero-order valence-electron chi connectivity index (χ0n) is 52.9. The van der Waals surface area contributed by atoms with Gasteiger partial charge in [-0.3, -0.25) is 52.7 Å². The minimum absolute atomic E-state index is 0.0593. The molecule has 2 heterocycles. The van der Waals surface area contributed by atoms with Crippen molar-refractivity contribution >= 4 is 76.6 Å². The van der Waals surface area contributed by atoms with Crippen LogP contribution in [0.5, 0.6) is 0 Å². The van der Waals surface area contributed by atoms with Crippen molar-refractivity contribution in [2.24, 2.45) is 23.7 Å². The molecule has 4 aliphatic rings. The molecule has 11 amide bonds. The first kappa shape index (κ1) is 71.2. The first-order valence-corrected chi connectivity index (χ1v) is 30.9. The first-order chi connectivity index (χ1) is 40.6. The maximum atomic E-state index is 14.9. The van der Waals surface area contributed by atoms with Crippen LogP contribution in [-0.2, 0) is 65.3 Å². The third-order valence-corrected chi connectivity index (χ3v) is 17.9. The molecule has 0 aromatic heterocycles. The second-order valence-electron chi connectivity index (χ2n) is 25.5. The Hall–Kier alpha value is -6.53. The molecule has 0 bridgehead atoms. The zero-order chi connectivity index (χ0) is 65.2. The van der Waals surface area contributed by atoms with Gasteiger partial charge in [0, 0.05) is 61.3 Å². The molecule has 2 saturated carbocycles. The standard InChI is InChI=1S/C61H93ClF3N11O11/c1-14-37(6)51-58(86)72(10)33-49(79)70(8)34-50(80)74(12)46(31-40-19-20-40)57(85)71(9)32-47(77)67-43(24-22-39-21-23-41(42(62)30-39)61(63,64)65)56(84)76-27-17-18-44(76)54(82)69-60(25-15-16-26-60)59(87)75(13)52(36(4)5)55(83)66-38(7)29-48(78)73(11)45(28-35(2)3)53(81)68-51/h21,23,30,35-38,40,43-46,51-52H,14-20,22,24-29,31-34H2,1-13H3,(H,66,83)(H,67,77)(H,68,81)(H,69,82)/t37?,38-,43+,44+,45+,46+,51+,52+/m1/s1. The maximum Gasteiger partial charge on any atom is 0.417 e. The Bertz CT molecular complexity index is 2710. The second kappa shape index (κ2) is 30.6. The minimum Gasteiger partial charge on any atom is -0.351 e. The highest BCUT2D eigenvalue weighted by Gasteiger charge is 2.50. The van der Waals surface area contributed by atoms with E-state index in [4.69, 9.17) is 11.6 Å². The van der Waals surface area contributed by atoms with Gasteiger partial charge in [0.1, 0.15) is 41.8 Å². The monoisotopic (exact) mass is 1250 g/mol. The predicted molar refractivity (Wildman–Crippen MR) is 319 cm³/mol. The molecule has 2 saturated heterocycles. The molecular weight excluding hydrogens is 1160 g/mol. The summed E-state index contributed by atoms with van der Waals surface area (Å²) in [4.78, 5) is 167. The number of fused-ring (bicyclic) bond motifs is 1. The number of benzene rings is 1. The minimum atomic E-state index is -4.74. The quantitative estimate of drug-likeness (QED) is 0.261. The highest BCUT2D eigenvalue weighted by atomic mass is 35.5. The zero-order valence-corrected chi connectivity index (χ0v) is 53.7. The van der Waals surface area contributed by atoms with Crippen LogP contribution in [0, 0.1) is 23.7 Å². The van der Waals surface area contributed by atoms with Crippen LogP contribution in [0.25, 0.3) is 0 Å². The largest absolute Gasteiger partial charge is 0.417 e. The Morgan fingerprint density at radius 1 is 0.678 bits per heavy atom. The van der Waals surface area contributed by atoms with E-state index < -0.39 is 161 Å². The summed E-state index contributed by atoms with van der Waals surface area (Å²) in [6, 6.07) is -4.57. The van der Waals surface area contributed by atoms with E-state index >= 15 is 0 Å². The lowest BCUT2D eigenvalue weighted by Crippen LogP contribution is -2.64. The van der Waals surface area contributed by atoms with Crippen LogP contribution in [0.4, 0.5) is 13.2 Å². The number of amides is 11. The van der Waals surface area contributed by atoms with Gasteiger partial charge in [0.2, 0.25) is 65.0 Å². The van der Waals surface area contributed by atoms with Crippen molar-refractivity contribution in [2.45, 2.75) is 192 Å². The molecule has 1 aromatic carbocycles. The number of nitrogens with zero attached hydrogens (tertiary/aromatic N) is 7. The fourth-order valence-corrected chi connectivity index (χ4v) is 12.3. The fraction of sp³-hybridized carbons (Fsp3) is 0.721. The van der Waals surface area contributed by atoms with Gasteiger partial charge < -0.3 is 55.6 Å². The van der Waals surface area contributed by atoms with E-state index in [1.165, 1.54) is 68.0 Å². The lowest BCUT2D eigenvalue weighted by atomic mass is 9.92. The number of rotatable bonds is 10. The van der Waals surface area contributed by atoms with Crippen molar-refractivity contribution in [3.63, 3.8) is 0 Å². The average Bonchev–Trinajstić information content (AvgIpc) is 2.31. The van der Waals surface area contributed by atoms with Gasteiger partial charge in [0.25, 0.3) is 0 Å². The van der Waals surface area contributed by atoms with Gasteiger partial charge in [-0.15, -0.1) is 0 Å². The molecule has 1 spiro atoms. The molecule has 486 valence electrons. The van der Waals surface area contributed by atoms with Crippen LogP contribution in [0.3, 0.4) is 0 Å². The molecule has 1 unspecified atom stereocenters. The Morgan fingerprint density at radius 2 is 1.29 bits per heavy atom. The number of halogens is 4. The summed E-state index contributed by atoms with van der Waals surface area (Å²) in [7, 11) is 8.47. The summed E-state index contributed by atoms with van der Waals surface area (Å²) in [6.07, 6.45) is -0.754. The Morgan fingerprint density at radius 3 is 1.86 bits per heavy atom. The Balaban J connectivity index is 1.52. The van der Waals surface area contributed by atoms with Crippen molar-refractivity contribution in [3.05, 3.63) is 34.3 Å². The molecule has 4 N–H and O–H groups in total. The molecule has 22 nitrogen and oxygen atoms in total. The third-order valence-electron chi connectivity index (χ3n) is 17.6. The number of carbonyl (C=O) groups is 11. The lowest BCUT2D eigenvalue weighted by Gasteiger charge is -2.39. The smallest absolute Gasteiger partial charge is 0.351 e. The summed E-state index contributed by atoms with van der Waals surface area (Å²) in [5, 5.41) is 10.9. The summed E-state index contributed by atoms with van der Waals surface area (Å²) in [5.41, 5.74) is -2.25. The van der Waals surface area contributed by atoms with E-state index in [0.717, 1.165) is 39.7 Å². The van der Waals surface area contributed by atoms with Crippen molar-refractivity contribution < 1.29 is 65.9 Å². The molecule has 0 radical (unpaired) electrons. The molecule has 4 fully saturated rings. The van der Waals surface area contributed by atoms with E-state index in [-0.39, 0.29) is 69.7 Å². The number of likely N-dealkylation sites (N-methyl/N-ethyl adjacent to an activating group) is 6. The number of carbonyl (C=O) groups excluding carboxylic acids is 11. The number of alkyl halides is 3. The molecule has 5 rings (SSSR count). The number of aryl methyl sites for hydroxylation is 1. The van der Waals surface area contributed by atoms with Crippen molar-refractivity contribution in [3.8, 4) is 0 Å². The molecule has 26 heteroatoms. The van der Waals surface area contributed by atoms with E-state index in [1.54, 1.807) is 27.7 Å². The lowest BCUT2D eigenvalue weighted by molar-refractivity contribution is -0.149. The Labute approximate surface area is 515 Å². The summed E-state index contributed by atoms with van der Waals surface area (Å²) < 4.78 is 41.1. The van der Waals surface area contributed by atoms with E-state index in [0.29, 0.717) is 31.2 Å². The van der Waals surface area contributed by atoms with Gasteiger partial charge in [-0.2, -0.15) is 13.2 Å². The highest BCUT2D eigenvalue weighted by molar-refractivity contribution is 6.31. The van der Waals surface area contributed by atoms with Crippen LogP contribution in [0.1, 0.15) is 143 Å². The summed E-state index contributed by atoms with van der Waals surface area (Å²) >= 11 is 6.08. The van der Waals surface area contributed by atoms with Crippen LogP contribution in [0.15, 0.2) is 18.2 Å². The van der Waals surface area contributed by atoms with Gasteiger partial charge in [0.05, 0.1) is 30.2 Å². The van der Waals surface area contributed by atoms with E-state index in [1.807, 2.05) is 20.8 Å². The maximum absolute atomic E-state index is 14.9. The SMILES string of the molecule is CCC(C)[C@@H]1NC(=O)[C@H](CC(C)C)N(C)C(=O)C[C@@H](C)NC(=O)[C@H](C(C)C)N(C)C(=O)C2(CCCC2)NC(=O)[C@@H]2CCCN2C(=O)[C@H](CCc2ccc(C(F)(F)F)c(Cl)c2)NC(=O)CN(C)C(=O)[C@H](CC2CC2)N(C)C(=O)CN(C)C(=O)CN(C)C1=O. The molecule has 2 aliphatic carbocycles. The Kier molecular flexibility index (Phi) is 25.0. The van der Waals surface area contributed by atoms with Crippen molar-refractivity contribution in [1.82, 2.24) is 55.6 Å². The number of hydrogen-bond acceptors (Lipinski definition) is 11. The third kappa shape index (κ3) is 18.5. The fourth-order valence-electron chi connectivity index (χ4n) is 12.0. The van der Waals surface area contributed by atoms with Gasteiger partial charge in [0.15, 0.2) is 0 Å². The molecule has 87 heavy (non-hydrogen) atoms. The normalized spacial score (nSPS) is 26.4. The van der Waals surface area contributed by atoms with E-state index in [9.17, 15) is 65.9 Å². The highest BCUT2D eigenvalue weighted by Crippen LogP contribution is 2.37. The summed E-state index contributed by atoms with van der Waals surface area (Å²) in [5.74, 6) is -7.80. The second-order valence-corrected chi connectivity index (χ2v) is 25.9. The average molecular weight is 1250 g/mol.